The van der Waals surface area contributed by atoms with Crippen LogP contribution in [0.1, 0.15) is 26.7 Å². The molecule has 8 heteroatoms. The molecule has 0 aromatic heterocycles. The molecule has 52 heavy (non-hydrogen) atoms. The van der Waals surface area contributed by atoms with Gasteiger partial charge in [-0.3, -0.25) is 0 Å². The normalized spacial score (nSPS) is 11.7. The summed E-state index contributed by atoms with van der Waals surface area (Å²) in [5.74, 6) is 0.907. The highest BCUT2D eigenvalue weighted by Gasteiger charge is 2.20. The summed E-state index contributed by atoms with van der Waals surface area (Å²) in [6, 6.07) is 42.2. The standard InChI is InChI=1S/C44H42O8/c1-31(2)43(45)51-41(49-37-21-13-19-35(29-37)33-15-7-5-8-16-33)25-27-47-39-23-11-12-24-40(39)48-28-26-42(52-44(46)32(3)4)50-38-22-14-20-36(30-38)34-17-9-6-10-18-34/h5-24,29-30,41-42H,1,3,25-28H2,2,4H3. The van der Waals surface area contributed by atoms with Gasteiger partial charge in [0.1, 0.15) is 11.5 Å². The van der Waals surface area contributed by atoms with E-state index in [-0.39, 0.29) is 37.2 Å². The molecule has 0 heterocycles. The van der Waals surface area contributed by atoms with Gasteiger partial charge in [-0.25, -0.2) is 9.59 Å². The van der Waals surface area contributed by atoms with E-state index in [0.717, 1.165) is 22.3 Å². The fraction of sp³-hybridized carbons (Fsp3) is 0.182. The molecule has 0 fully saturated rings. The van der Waals surface area contributed by atoms with Crippen molar-refractivity contribution in [3.05, 3.63) is 158 Å². The maximum atomic E-state index is 12.5. The Morgan fingerprint density at radius 1 is 0.500 bits per heavy atom. The summed E-state index contributed by atoms with van der Waals surface area (Å²) < 4.78 is 35.7. The number of rotatable bonds is 18. The van der Waals surface area contributed by atoms with Gasteiger partial charge in [-0.05, 0) is 72.5 Å². The fourth-order valence-electron chi connectivity index (χ4n) is 5.01. The van der Waals surface area contributed by atoms with Crippen LogP contribution in [0.3, 0.4) is 0 Å². The van der Waals surface area contributed by atoms with Crippen LogP contribution in [0.5, 0.6) is 23.0 Å². The fourth-order valence-corrected chi connectivity index (χ4v) is 5.01. The lowest BCUT2D eigenvalue weighted by Crippen LogP contribution is -2.27. The van der Waals surface area contributed by atoms with Crippen molar-refractivity contribution in [1.82, 2.24) is 0 Å². The molecule has 0 saturated carbocycles. The summed E-state index contributed by atoms with van der Waals surface area (Å²) in [7, 11) is 0. The van der Waals surface area contributed by atoms with Crippen LogP contribution in [0, 0.1) is 0 Å². The number of esters is 2. The minimum absolute atomic E-state index is 0.145. The lowest BCUT2D eigenvalue weighted by Gasteiger charge is -2.21. The maximum Gasteiger partial charge on any atom is 0.336 e. The highest BCUT2D eigenvalue weighted by atomic mass is 16.7. The number of carbonyl (C=O) groups is 2. The van der Waals surface area contributed by atoms with Crippen LogP contribution in [0.2, 0.25) is 0 Å². The second-order valence-corrected chi connectivity index (χ2v) is 12.0. The summed E-state index contributed by atoms with van der Waals surface area (Å²) in [4.78, 5) is 25.0. The third kappa shape index (κ3) is 11.1. The molecular weight excluding hydrogens is 656 g/mol. The SMILES string of the molecule is C=C(C)C(=O)OC(CCOc1ccccc1OCCC(OC(=O)C(=C)C)Oc1cccc(-c2ccccc2)c1)Oc1cccc(-c2ccccc2)c1. The number of hydrogen-bond donors (Lipinski definition) is 0. The van der Waals surface area contributed by atoms with Gasteiger partial charge in [0.15, 0.2) is 11.5 Å². The highest BCUT2D eigenvalue weighted by Crippen LogP contribution is 2.29. The third-order valence-electron chi connectivity index (χ3n) is 7.66. The molecule has 0 bridgehead atoms. The Labute approximate surface area is 304 Å². The van der Waals surface area contributed by atoms with Crippen molar-refractivity contribution in [1.29, 1.82) is 0 Å². The Kier molecular flexibility index (Phi) is 13.3. The largest absolute Gasteiger partial charge is 0.489 e. The Balaban J connectivity index is 1.21. The maximum absolute atomic E-state index is 12.5. The van der Waals surface area contributed by atoms with Gasteiger partial charge in [-0.1, -0.05) is 110 Å². The first-order valence-electron chi connectivity index (χ1n) is 17.0. The molecule has 0 aliphatic carbocycles. The van der Waals surface area contributed by atoms with Crippen molar-refractivity contribution in [2.45, 2.75) is 39.3 Å². The van der Waals surface area contributed by atoms with E-state index in [0.29, 0.717) is 23.0 Å². The zero-order valence-corrected chi connectivity index (χ0v) is 29.4. The second-order valence-electron chi connectivity index (χ2n) is 12.0. The van der Waals surface area contributed by atoms with Gasteiger partial charge in [0.05, 0.1) is 26.1 Å². The van der Waals surface area contributed by atoms with Crippen molar-refractivity contribution >= 4 is 11.9 Å². The Morgan fingerprint density at radius 2 is 0.865 bits per heavy atom. The zero-order valence-electron chi connectivity index (χ0n) is 29.4. The molecule has 2 atom stereocenters. The van der Waals surface area contributed by atoms with Crippen molar-refractivity contribution in [2.75, 3.05) is 13.2 Å². The van der Waals surface area contributed by atoms with Gasteiger partial charge < -0.3 is 28.4 Å². The van der Waals surface area contributed by atoms with E-state index < -0.39 is 24.5 Å². The van der Waals surface area contributed by atoms with Crippen LogP contribution in [0.15, 0.2) is 158 Å². The molecule has 0 saturated heterocycles. The summed E-state index contributed by atoms with van der Waals surface area (Å²) in [5, 5.41) is 0. The molecule has 8 nitrogen and oxygen atoms in total. The minimum Gasteiger partial charge on any atom is -0.489 e. The van der Waals surface area contributed by atoms with Crippen LogP contribution < -0.4 is 18.9 Å². The first-order chi connectivity index (χ1) is 25.2. The van der Waals surface area contributed by atoms with Crippen LogP contribution in [0.4, 0.5) is 0 Å². The van der Waals surface area contributed by atoms with E-state index in [1.165, 1.54) is 0 Å². The van der Waals surface area contributed by atoms with Gasteiger partial charge in [-0.2, -0.15) is 0 Å². The molecule has 5 aromatic rings. The molecular formula is C44H42O8. The zero-order chi connectivity index (χ0) is 36.7. The average Bonchev–Trinajstić information content (AvgIpc) is 3.16. The van der Waals surface area contributed by atoms with Crippen molar-refractivity contribution in [2.24, 2.45) is 0 Å². The number of para-hydroxylation sites is 2. The lowest BCUT2D eigenvalue weighted by atomic mass is 10.1. The van der Waals surface area contributed by atoms with E-state index in [9.17, 15) is 9.59 Å². The molecule has 2 unspecified atom stereocenters. The minimum atomic E-state index is -0.940. The number of carbonyl (C=O) groups excluding carboxylic acids is 2. The van der Waals surface area contributed by atoms with Crippen molar-refractivity contribution in [3.63, 3.8) is 0 Å². The Hall–Kier alpha value is -6.28. The number of ether oxygens (including phenoxy) is 6. The molecule has 0 aliphatic heterocycles. The predicted octanol–water partition coefficient (Wildman–Crippen LogP) is 9.61. The Bertz CT molecular complexity index is 1810. The average molecular weight is 699 g/mol. The molecule has 0 aliphatic rings. The van der Waals surface area contributed by atoms with Gasteiger partial charge in [0, 0.05) is 11.1 Å². The van der Waals surface area contributed by atoms with E-state index in [2.05, 4.69) is 13.2 Å². The van der Waals surface area contributed by atoms with Gasteiger partial charge in [0.25, 0.3) is 0 Å². The van der Waals surface area contributed by atoms with Crippen LogP contribution >= 0.6 is 0 Å². The Morgan fingerprint density at radius 3 is 1.25 bits per heavy atom. The molecule has 0 radical (unpaired) electrons. The number of benzene rings is 5. The molecule has 266 valence electrons. The van der Waals surface area contributed by atoms with Gasteiger partial charge >= 0.3 is 11.9 Å². The monoisotopic (exact) mass is 698 g/mol. The molecule has 5 rings (SSSR count). The summed E-state index contributed by atoms with van der Waals surface area (Å²) in [5.41, 5.74) is 4.51. The van der Waals surface area contributed by atoms with Crippen LogP contribution in [0.25, 0.3) is 22.3 Å². The topological polar surface area (TPSA) is 89.5 Å². The first kappa shape index (κ1) is 37.0. The van der Waals surface area contributed by atoms with E-state index >= 15 is 0 Å². The van der Waals surface area contributed by atoms with Crippen LogP contribution in [-0.2, 0) is 19.1 Å². The van der Waals surface area contributed by atoms with Gasteiger partial charge in [-0.15, -0.1) is 0 Å². The van der Waals surface area contributed by atoms with Crippen molar-refractivity contribution in [3.8, 4) is 45.3 Å². The summed E-state index contributed by atoms with van der Waals surface area (Å²) in [6.45, 7) is 10.8. The number of hydrogen-bond acceptors (Lipinski definition) is 8. The van der Waals surface area contributed by atoms with E-state index in [1.54, 1.807) is 26.0 Å². The molecule has 0 spiro atoms. The highest BCUT2D eigenvalue weighted by molar-refractivity contribution is 5.87. The first-order valence-corrected chi connectivity index (χ1v) is 17.0. The lowest BCUT2D eigenvalue weighted by molar-refractivity contribution is -0.161. The van der Waals surface area contributed by atoms with Crippen molar-refractivity contribution < 1.29 is 38.0 Å². The van der Waals surface area contributed by atoms with E-state index in [1.807, 2.05) is 121 Å². The van der Waals surface area contributed by atoms with E-state index in [4.69, 9.17) is 28.4 Å². The molecule has 5 aromatic carbocycles. The summed E-state index contributed by atoms with van der Waals surface area (Å²) in [6.07, 6.45) is -1.44. The second kappa shape index (κ2) is 18.6. The third-order valence-corrected chi connectivity index (χ3v) is 7.66. The quantitative estimate of drug-likeness (QED) is 0.0508. The molecule has 0 amide bonds. The van der Waals surface area contributed by atoms with Crippen LogP contribution in [-0.4, -0.2) is 37.7 Å². The summed E-state index contributed by atoms with van der Waals surface area (Å²) >= 11 is 0. The predicted molar refractivity (Wildman–Crippen MR) is 201 cm³/mol. The smallest absolute Gasteiger partial charge is 0.336 e. The van der Waals surface area contributed by atoms with Gasteiger partial charge in [0.2, 0.25) is 12.6 Å². The molecule has 0 N–H and O–H groups in total.